The van der Waals surface area contributed by atoms with Gasteiger partial charge >= 0.3 is 0 Å². The number of sulfonamides is 1. The van der Waals surface area contributed by atoms with Gasteiger partial charge in [-0.2, -0.15) is 4.72 Å². The highest BCUT2D eigenvalue weighted by Crippen LogP contribution is 2.21. The number of carbonyl (C=O) groups excluding carboxylic acids is 1. The average molecular weight is 451 g/mol. The lowest BCUT2D eigenvalue weighted by molar-refractivity contribution is -0.132. The smallest absolute Gasteiger partial charge is 0.246 e. The number of nitrogens with zero attached hydrogens (tertiary/aromatic N) is 5. The summed E-state index contributed by atoms with van der Waals surface area (Å²) in [4.78, 5) is 25.8. The zero-order valence-electron chi connectivity index (χ0n) is 18.8. The van der Waals surface area contributed by atoms with Crippen LogP contribution in [0, 0.1) is 20.8 Å². The number of carbonyl (C=O) groups is 1. The zero-order valence-corrected chi connectivity index (χ0v) is 19.7. The second-order valence-corrected chi connectivity index (χ2v) is 9.84. The van der Waals surface area contributed by atoms with Gasteiger partial charge in [0.2, 0.25) is 15.9 Å². The van der Waals surface area contributed by atoms with E-state index in [1.807, 2.05) is 13.0 Å². The van der Waals surface area contributed by atoms with Crippen LogP contribution in [0.4, 0.5) is 5.82 Å². The minimum atomic E-state index is -3.91. The number of rotatable bonds is 6. The third-order valence-corrected chi connectivity index (χ3v) is 7.01. The van der Waals surface area contributed by atoms with E-state index in [4.69, 9.17) is 4.52 Å². The van der Waals surface area contributed by atoms with Crippen molar-refractivity contribution in [1.29, 1.82) is 0 Å². The van der Waals surface area contributed by atoms with E-state index in [0.29, 0.717) is 26.2 Å². The Morgan fingerprint density at radius 2 is 1.74 bits per heavy atom. The maximum Gasteiger partial charge on any atom is 0.246 e. The summed E-state index contributed by atoms with van der Waals surface area (Å²) in [6, 6.07) is 1.04. The van der Waals surface area contributed by atoms with Crippen LogP contribution in [0.3, 0.4) is 0 Å². The Hall–Kier alpha value is -2.53. The molecule has 3 rings (SSSR count). The number of hydrogen-bond donors (Lipinski definition) is 1. The molecular weight excluding hydrogens is 420 g/mol. The molecule has 31 heavy (non-hydrogen) atoms. The molecule has 0 saturated carbocycles. The third-order valence-electron chi connectivity index (χ3n) is 5.23. The maximum atomic E-state index is 12.9. The molecule has 2 aromatic heterocycles. The molecule has 2 aromatic rings. The van der Waals surface area contributed by atoms with E-state index in [0.717, 1.165) is 17.3 Å². The number of piperazine rings is 1. The van der Waals surface area contributed by atoms with Crippen LogP contribution >= 0.6 is 0 Å². The molecule has 1 saturated heterocycles. The number of amides is 1. The molecule has 0 aliphatic carbocycles. The van der Waals surface area contributed by atoms with E-state index >= 15 is 0 Å². The van der Waals surface area contributed by atoms with Crippen LogP contribution in [0.25, 0.3) is 0 Å². The standard InChI is InChI=1S/C20H30N6O4S/c1-12(2)19-21-13(3)11-17(22-19)25-7-9-26(10-8-25)20(27)15(5)24-31(28,29)18-14(4)23-30-16(18)6/h11-12,15,24H,7-10H2,1-6H3/t15-/m0/s1. The van der Waals surface area contributed by atoms with Crippen LogP contribution in [-0.4, -0.2) is 66.6 Å². The summed E-state index contributed by atoms with van der Waals surface area (Å²) < 4.78 is 32.8. The van der Waals surface area contributed by atoms with Crippen molar-refractivity contribution < 1.29 is 17.7 Å². The minimum absolute atomic E-state index is 0.0166. The van der Waals surface area contributed by atoms with E-state index in [-0.39, 0.29) is 28.2 Å². The van der Waals surface area contributed by atoms with Gasteiger partial charge in [0.05, 0.1) is 6.04 Å². The number of anilines is 1. The first kappa shape index (κ1) is 23.1. The Bertz CT molecular complexity index is 1040. The van der Waals surface area contributed by atoms with Crippen molar-refractivity contribution in [3.63, 3.8) is 0 Å². The van der Waals surface area contributed by atoms with Crippen LogP contribution in [0.2, 0.25) is 0 Å². The van der Waals surface area contributed by atoms with Gasteiger partial charge in [-0.25, -0.2) is 18.4 Å². The molecule has 170 valence electrons. The molecule has 0 spiro atoms. The predicted molar refractivity (Wildman–Crippen MR) is 115 cm³/mol. The molecule has 1 aliphatic heterocycles. The molecule has 3 heterocycles. The molecule has 0 radical (unpaired) electrons. The van der Waals surface area contributed by atoms with E-state index in [2.05, 4.69) is 38.6 Å². The molecule has 1 fully saturated rings. The summed E-state index contributed by atoms with van der Waals surface area (Å²) in [5, 5.41) is 3.68. The number of nitrogens with one attached hydrogen (secondary N) is 1. The number of hydrogen-bond acceptors (Lipinski definition) is 8. The summed E-state index contributed by atoms with van der Waals surface area (Å²) in [5.41, 5.74) is 1.17. The predicted octanol–water partition coefficient (Wildman–Crippen LogP) is 1.53. The highest BCUT2D eigenvalue weighted by molar-refractivity contribution is 7.89. The zero-order chi connectivity index (χ0) is 22.9. The Balaban J connectivity index is 1.64. The van der Waals surface area contributed by atoms with Gasteiger partial charge in [0.25, 0.3) is 0 Å². The average Bonchev–Trinajstić information content (AvgIpc) is 3.05. The van der Waals surface area contributed by atoms with Crippen LogP contribution < -0.4 is 9.62 Å². The Morgan fingerprint density at radius 3 is 2.29 bits per heavy atom. The fourth-order valence-corrected chi connectivity index (χ4v) is 5.15. The molecule has 1 N–H and O–H groups in total. The van der Waals surface area contributed by atoms with Crippen molar-refractivity contribution in [1.82, 2.24) is 24.7 Å². The van der Waals surface area contributed by atoms with Crippen molar-refractivity contribution in [3.8, 4) is 0 Å². The summed E-state index contributed by atoms with van der Waals surface area (Å²) >= 11 is 0. The van der Waals surface area contributed by atoms with Crippen molar-refractivity contribution in [2.24, 2.45) is 0 Å². The molecule has 1 aliphatic rings. The SMILES string of the molecule is Cc1cc(N2CCN(C(=O)[C@H](C)NS(=O)(=O)c3c(C)noc3C)CC2)nc(C(C)C)n1. The fourth-order valence-electron chi connectivity index (χ4n) is 3.62. The van der Waals surface area contributed by atoms with Crippen LogP contribution in [-0.2, 0) is 14.8 Å². The molecule has 0 aromatic carbocycles. The number of aryl methyl sites for hydroxylation is 3. The summed E-state index contributed by atoms with van der Waals surface area (Å²) in [6.45, 7) is 12.9. The normalized spacial score (nSPS) is 16.1. The first-order valence-electron chi connectivity index (χ1n) is 10.3. The molecule has 0 bridgehead atoms. The third kappa shape index (κ3) is 5.04. The molecular formula is C20H30N6O4S. The molecule has 1 atom stereocenters. The van der Waals surface area contributed by atoms with Gasteiger partial charge in [0.15, 0.2) is 5.76 Å². The van der Waals surface area contributed by atoms with Gasteiger partial charge in [-0.3, -0.25) is 4.79 Å². The molecule has 11 heteroatoms. The monoisotopic (exact) mass is 450 g/mol. The lowest BCUT2D eigenvalue weighted by Gasteiger charge is -2.36. The van der Waals surface area contributed by atoms with Crippen LogP contribution in [0.15, 0.2) is 15.5 Å². The Kier molecular flexibility index (Phi) is 6.65. The van der Waals surface area contributed by atoms with Crippen molar-refractivity contribution in [2.75, 3.05) is 31.1 Å². The van der Waals surface area contributed by atoms with Gasteiger partial charge in [-0.1, -0.05) is 19.0 Å². The lowest BCUT2D eigenvalue weighted by atomic mass is 10.2. The van der Waals surface area contributed by atoms with E-state index in [1.165, 1.54) is 6.92 Å². The number of aromatic nitrogens is 3. The van der Waals surface area contributed by atoms with Crippen LogP contribution in [0.1, 0.15) is 49.7 Å². The van der Waals surface area contributed by atoms with Crippen molar-refractivity contribution in [2.45, 2.75) is 58.4 Å². The van der Waals surface area contributed by atoms with Gasteiger partial charge < -0.3 is 14.3 Å². The van der Waals surface area contributed by atoms with E-state index < -0.39 is 16.1 Å². The van der Waals surface area contributed by atoms with Crippen molar-refractivity contribution in [3.05, 3.63) is 29.0 Å². The highest BCUT2D eigenvalue weighted by atomic mass is 32.2. The van der Waals surface area contributed by atoms with Crippen LogP contribution in [0.5, 0.6) is 0 Å². The minimum Gasteiger partial charge on any atom is -0.360 e. The molecule has 10 nitrogen and oxygen atoms in total. The fraction of sp³-hybridized carbons (Fsp3) is 0.600. The quantitative estimate of drug-likeness (QED) is 0.703. The molecule has 1 amide bonds. The van der Waals surface area contributed by atoms with E-state index in [1.54, 1.807) is 18.7 Å². The first-order chi connectivity index (χ1) is 14.5. The largest absolute Gasteiger partial charge is 0.360 e. The van der Waals surface area contributed by atoms with E-state index in [9.17, 15) is 13.2 Å². The van der Waals surface area contributed by atoms with Gasteiger partial charge in [-0.15, -0.1) is 0 Å². The maximum absolute atomic E-state index is 12.9. The van der Waals surface area contributed by atoms with Gasteiger partial charge in [0.1, 0.15) is 22.2 Å². The summed E-state index contributed by atoms with van der Waals surface area (Å²) in [5.74, 6) is 1.82. The summed E-state index contributed by atoms with van der Waals surface area (Å²) in [6.07, 6.45) is 0. The highest BCUT2D eigenvalue weighted by Gasteiger charge is 2.31. The lowest BCUT2D eigenvalue weighted by Crippen LogP contribution is -2.54. The summed E-state index contributed by atoms with van der Waals surface area (Å²) in [7, 11) is -3.91. The second kappa shape index (κ2) is 8.91. The Morgan fingerprint density at radius 1 is 1.10 bits per heavy atom. The first-order valence-corrected chi connectivity index (χ1v) is 11.8. The van der Waals surface area contributed by atoms with Gasteiger partial charge in [0, 0.05) is 43.9 Å². The van der Waals surface area contributed by atoms with Gasteiger partial charge in [-0.05, 0) is 27.7 Å². The Labute approximate surface area is 183 Å². The second-order valence-electron chi connectivity index (χ2n) is 8.19. The molecule has 0 unspecified atom stereocenters. The topological polar surface area (TPSA) is 122 Å². The van der Waals surface area contributed by atoms with Crippen molar-refractivity contribution >= 4 is 21.7 Å².